The molecule has 1 N–H and O–H groups in total. The van der Waals surface area contributed by atoms with Gasteiger partial charge in [-0.2, -0.15) is 4.31 Å². The Labute approximate surface area is 203 Å². The molecule has 0 saturated carbocycles. The van der Waals surface area contributed by atoms with E-state index in [9.17, 15) is 13.2 Å². The summed E-state index contributed by atoms with van der Waals surface area (Å²) in [5.41, 5.74) is 3.42. The highest BCUT2D eigenvalue weighted by Gasteiger charge is 2.25. The number of aromatic nitrogens is 2. The summed E-state index contributed by atoms with van der Waals surface area (Å²) in [5.74, 6) is -0.740. The fourth-order valence-electron chi connectivity index (χ4n) is 3.50. The lowest BCUT2D eigenvalue weighted by Crippen LogP contribution is -2.30. The van der Waals surface area contributed by atoms with E-state index < -0.39 is 22.6 Å². The molecule has 0 bridgehead atoms. The van der Waals surface area contributed by atoms with Gasteiger partial charge in [0, 0.05) is 37.9 Å². The van der Waals surface area contributed by atoms with Gasteiger partial charge in [-0.05, 0) is 52.6 Å². The van der Waals surface area contributed by atoms with E-state index in [0.717, 1.165) is 16.7 Å². The summed E-state index contributed by atoms with van der Waals surface area (Å²) in [6, 6.07) is 21.3. The molecule has 0 spiro atoms. The van der Waals surface area contributed by atoms with Gasteiger partial charge >= 0.3 is 5.97 Å². The standard InChI is InChI=1S/C26H23N3O5S/c30-26(31)19-34-24-6-1-4-21(14-24)18-29(35(32,33)25-7-3-13-28-16-25)17-20-8-10-22(11-9-20)23-5-2-12-27-15-23/h1-16H,17-19H2,(H,30,31). The average Bonchev–Trinajstić information content (AvgIpc) is 2.89. The lowest BCUT2D eigenvalue weighted by Gasteiger charge is -2.23. The normalized spacial score (nSPS) is 11.3. The Morgan fingerprint density at radius 2 is 1.54 bits per heavy atom. The zero-order valence-electron chi connectivity index (χ0n) is 18.7. The number of hydrogen-bond acceptors (Lipinski definition) is 6. The maximum Gasteiger partial charge on any atom is 0.341 e. The van der Waals surface area contributed by atoms with E-state index in [4.69, 9.17) is 9.84 Å². The number of rotatable bonds is 10. The lowest BCUT2D eigenvalue weighted by atomic mass is 10.1. The third-order valence-electron chi connectivity index (χ3n) is 5.20. The molecular formula is C26H23N3O5S. The third-order valence-corrected chi connectivity index (χ3v) is 6.97. The molecule has 9 heteroatoms. The number of aliphatic carboxylic acids is 1. The first-order chi connectivity index (χ1) is 16.9. The van der Waals surface area contributed by atoms with Crippen molar-refractivity contribution in [2.24, 2.45) is 0 Å². The first-order valence-electron chi connectivity index (χ1n) is 10.7. The molecule has 2 aromatic heterocycles. The number of carboxylic acid groups (broad SMARTS) is 1. The van der Waals surface area contributed by atoms with Crippen molar-refractivity contribution in [2.75, 3.05) is 6.61 Å². The van der Waals surface area contributed by atoms with Gasteiger partial charge in [-0.25, -0.2) is 13.2 Å². The highest BCUT2D eigenvalue weighted by atomic mass is 32.2. The second kappa shape index (κ2) is 10.9. The van der Waals surface area contributed by atoms with Crippen molar-refractivity contribution in [3.05, 3.63) is 109 Å². The lowest BCUT2D eigenvalue weighted by molar-refractivity contribution is -0.139. The summed E-state index contributed by atoms with van der Waals surface area (Å²) in [6.07, 6.45) is 6.32. The summed E-state index contributed by atoms with van der Waals surface area (Å²) < 4.78 is 33.6. The fraction of sp³-hybridized carbons (Fsp3) is 0.115. The molecule has 4 rings (SSSR count). The Morgan fingerprint density at radius 1 is 0.829 bits per heavy atom. The van der Waals surface area contributed by atoms with Crippen LogP contribution in [-0.4, -0.2) is 40.4 Å². The van der Waals surface area contributed by atoms with E-state index in [2.05, 4.69) is 9.97 Å². The number of sulfonamides is 1. The highest BCUT2D eigenvalue weighted by molar-refractivity contribution is 7.89. The number of ether oxygens (including phenoxy) is 1. The number of carboxylic acids is 1. The van der Waals surface area contributed by atoms with Crippen LogP contribution in [0.25, 0.3) is 11.1 Å². The smallest absolute Gasteiger partial charge is 0.341 e. The van der Waals surface area contributed by atoms with Crippen molar-refractivity contribution in [1.29, 1.82) is 0 Å². The molecule has 0 amide bonds. The molecule has 178 valence electrons. The first-order valence-corrected chi connectivity index (χ1v) is 12.2. The molecule has 4 aromatic rings. The molecule has 2 aromatic carbocycles. The van der Waals surface area contributed by atoms with Crippen molar-refractivity contribution in [3.63, 3.8) is 0 Å². The number of nitrogens with zero attached hydrogens (tertiary/aromatic N) is 3. The van der Waals surface area contributed by atoms with E-state index >= 15 is 0 Å². The first kappa shape index (κ1) is 24.1. The van der Waals surface area contributed by atoms with Gasteiger partial charge in [-0.1, -0.05) is 42.5 Å². The monoisotopic (exact) mass is 489 g/mol. The fourth-order valence-corrected chi connectivity index (χ4v) is 4.88. The molecule has 2 heterocycles. The van der Waals surface area contributed by atoms with E-state index in [1.807, 2.05) is 36.4 Å². The zero-order chi connectivity index (χ0) is 24.7. The maximum atomic E-state index is 13.5. The molecule has 35 heavy (non-hydrogen) atoms. The van der Waals surface area contributed by atoms with Gasteiger partial charge in [0.25, 0.3) is 0 Å². The van der Waals surface area contributed by atoms with Crippen molar-refractivity contribution in [2.45, 2.75) is 18.0 Å². The van der Waals surface area contributed by atoms with Gasteiger partial charge in [0.05, 0.1) is 0 Å². The van der Waals surface area contributed by atoms with Crippen molar-refractivity contribution < 1.29 is 23.1 Å². The van der Waals surface area contributed by atoms with Crippen LogP contribution < -0.4 is 4.74 Å². The molecule has 0 aliphatic rings. The highest BCUT2D eigenvalue weighted by Crippen LogP contribution is 2.24. The SMILES string of the molecule is O=C(O)COc1cccc(CN(Cc2ccc(-c3cccnc3)cc2)S(=O)(=O)c2cccnc2)c1. The minimum atomic E-state index is -3.87. The molecule has 8 nitrogen and oxygen atoms in total. The van der Waals surface area contributed by atoms with E-state index in [1.54, 1.807) is 42.7 Å². The van der Waals surface area contributed by atoms with Crippen LogP contribution in [0.4, 0.5) is 0 Å². The Bertz CT molecular complexity index is 1380. The number of benzene rings is 2. The molecule has 0 saturated heterocycles. The van der Waals surface area contributed by atoms with E-state index in [-0.39, 0.29) is 18.0 Å². The van der Waals surface area contributed by atoms with Crippen LogP contribution in [0.5, 0.6) is 5.75 Å². The van der Waals surface area contributed by atoms with E-state index in [1.165, 1.54) is 22.8 Å². The van der Waals surface area contributed by atoms with Crippen LogP contribution in [0.1, 0.15) is 11.1 Å². The second-order valence-electron chi connectivity index (χ2n) is 7.73. The molecule has 0 unspecified atom stereocenters. The van der Waals surface area contributed by atoms with Gasteiger partial charge in [-0.15, -0.1) is 0 Å². The third kappa shape index (κ3) is 6.28. The predicted octanol–water partition coefficient (Wildman–Crippen LogP) is 4.00. The Balaban J connectivity index is 1.61. The quantitative estimate of drug-likeness (QED) is 0.359. The zero-order valence-corrected chi connectivity index (χ0v) is 19.5. The van der Waals surface area contributed by atoms with Crippen LogP contribution in [0.2, 0.25) is 0 Å². The molecule has 0 aliphatic carbocycles. The van der Waals surface area contributed by atoms with Crippen molar-refractivity contribution in [3.8, 4) is 16.9 Å². The molecule has 0 fully saturated rings. The Kier molecular flexibility index (Phi) is 7.49. The van der Waals surface area contributed by atoms with Gasteiger partial charge in [0.15, 0.2) is 6.61 Å². The summed E-state index contributed by atoms with van der Waals surface area (Å²) in [5, 5.41) is 8.86. The predicted molar refractivity (Wildman–Crippen MR) is 130 cm³/mol. The number of hydrogen-bond donors (Lipinski definition) is 1. The van der Waals surface area contributed by atoms with Crippen LogP contribution >= 0.6 is 0 Å². The second-order valence-corrected chi connectivity index (χ2v) is 9.67. The van der Waals surface area contributed by atoms with Crippen LogP contribution in [-0.2, 0) is 27.9 Å². The average molecular weight is 490 g/mol. The summed E-state index contributed by atoms with van der Waals surface area (Å²) in [6.45, 7) is -0.291. The minimum Gasteiger partial charge on any atom is -0.482 e. The molecule has 0 aliphatic heterocycles. The molecular weight excluding hydrogens is 466 g/mol. The topological polar surface area (TPSA) is 110 Å². The summed E-state index contributed by atoms with van der Waals surface area (Å²) in [4.78, 5) is 19.0. The summed E-state index contributed by atoms with van der Waals surface area (Å²) >= 11 is 0. The molecule has 0 atom stereocenters. The van der Waals surface area contributed by atoms with Gasteiger partial charge in [-0.3, -0.25) is 9.97 Å². The van der Waals surface area contributed by atoms with Crippen LogP contribution in [0.3, 0.4) is 0 Å². The van der Waals surface area contributed by atoms with Crippen molar-refractivity contribution in [1.82, 2.24) is 14.3 Å². The maximum absolute atomic E-state index is 13.5. The van der Waals surface area contributed by atoms with Crippen LogP contribution in [0, 0.1) is 0 Å². The Morgan fingerprint density at radius 3 is 2.20 bits per heavy atom. The minimum absolute atomic E-state index is 0.0614. The van der Waals surface area contributed by atoms with E-state index in [0.29, 0.717) is 11.3 Å². The molecule has 0 radical (unpaired) electrons. The van der Waals surface area contributed by atoms with Crippen LogP contribution in [0.15, 0.2) is 102 Å². The van der Waals surface area contributed by atoms with Gasteiger partial charge in [0.2, 0.25) is 10.0 Å². The summed E-state index contributed by atoms with van der Waals surface area (Å²) in [7, 11) is -3.87. The van der Waals surface area contributed by atoms with Gasteiger partial charge < -0.3 is 9.84 Å². The largest absolute Gasteiger partial charge is 0.482 e. The number of pyridine rings is 2. The Hall–Kier alpha value is -4.08. The van der Waals surface area contributed by atoms with Gasteiger partial charge in [0.1, 0.15) is 10.6 Å². The van der Waals surface area contributed by atoms with Crippen molar-refractivity contribution >= 4 is 16.0 Å². The number of carbonyl (C=O) groups is 1.